The summed E-state index contributed by atoms with van der Waals surface area (Å²) in [4.78, 5) is 36.2. The normalized spacial score (nSPS) is 10.7. The third kappa shape index (κ3) is 14.4. The standard InChI is InChI=1S/C30H32N2O11S.C4H6O.C2H6/c1-37-29(33)23-6-4-21(18-24(23)30(34)38-2)42-15-13-40-11-9-39-10-12-41-14-16-43-22-5-8-26-28(19-22)44-27-17-20(32(35)36)3-7-25(27)31-26;1-3-4(2)5;1-2/h3-8,17-19,31H,9-16H2,1-2H3;3,5H,1-2H2;1-2H3. The molecule has 51 heavy (non-hydrogen) atoms. The van der Waals surface area contributed by atoms with Crippen LogP contribution in [0.4, 0.5) is 17.1 Å². The van der Waals surface area contributed by atoms with E-state index >= 15 is 0 Å². The van der Waals surface area contributed by atoms with Gasteiger partial charge in [-0.15, -0.1) is 0 Å². The number of benzene rings is 3. The second kappa shape index (κ2) is 23.3. The van der Waals surface area contributed by atoms with Gasteiger partial charge in [-0.05, 0) is 48.5 Å². The van der Waals surface area contributed by atoms with Gasteiger partial charge in [0.25, 0.3) is 5.69 Å². The summed E-state index contributed by atoms with van der Waals surface area (Å²) in [6.07, 6.45) is 1.28. The maximum atomic E-state index is 12.0. The van der Waals surface area contributed by atoms with E-state index in [2.05, 4.69) is 23.2 Å². The molecule has 1 aliphatic heterocycles. The number of carbonyl (C=O) groups excluding carboxylic acids is 2. The molecular formula is C36H44N2O12S. The van der Waals surface area contributed by atoms with Gasteiger partial charge in [-0.3, -0.25) is 10.1 Å². The highest BCUT2D eigenvalue weighted by Crippen LogP contribution is 2.46. The number of non-ortho nitro benzene ring substituents is 1. The van der Waals surface area contributed by atoms with E-state index in [-0.39, 0.29) is 29.2 Å². The maximum Gasteiger partial charge on any atom is 0.338 e. The number of nitrogens with zero attached hydrogens (tertiary/aromatic N) is 1. The van der Waals surface area contributed by atoms with Gasteiger partial charge in [-0.2, -0.15) is 0 Å². The molecule has 0 saturated heterocycles. The van der Waals surface area contributed by atoms with Crippen LogP contribution in [-0.2, 0) is 23.7 Å². The molecule has 3 aromatic rings. The van der Waals surface area contributed by atoms with Crippen molar-refractivity contribution in [2.75, 3.05) is 72.4 Å². The number of methoxy groups -OCH3 is 2. The van der Waals surface area contributed by atoms with E-state index in [9.17, 15) is 19.7 Å². The zero-order valence-corrected chi connectivity index (χ0v) is 30.0. The lowest BCUT2D eigenvalue weighted by Gasteiger charge is -2.21. The van der Waals surface area contributed by atoms with Crippen molar-refractivity contribution in [2.24, 2.45) is 0 Å². The summed E-state index contributed by atoms with van der Waals surface area (Å²) in [6.45, 7) is 13.1. The number of nitro groups is 1. The smallest absolute Gasteiger partial charge is 0.338 e. The van der Waals surface area contributed by atoms with E-state index < -0.39 is 16.9 Å². The maximum absolute atomic E-state index is 12.0. The number of esters is 2. The number of hydrogen-bond donors (Lipinski definition) is 2. The number of fused-ring (bicyclic) bond motifs is 2. The Bertz CT molecular complexity index is 1610. The number of aliphatic hydroxyl groups is 1. The molecule has 0 fully saturated rings. The zero-order chi connectivity index (χ0) is 37.6. The molecule has 276 valence electrons. The number of aliphatic hydroxyl groups excluding tert-OH is 1. The lowest BCUT2D eigenvalue weighted by Crippen LogP contribution is -2.15. The molecule has 2 N–H and O–H groups in total. The molecule has 0 saturated carbocycles. The third-order valence-corrected chi connectivity index (χ3v) is 7.51. The molecule has 1 aliphatic rings. The molecule has 3 aromatic carbocycles. The fraction of sp³-hybridized carbons (Fsp3) is 0.333. The molecule has 0 amide bonds. The molecule has 0 atom stereocenters. The number of ether oxygens (including phenoxy) is 7. The van der Waals surface area contributed by atoms with Crippen LogP contribution in [0, 0.1) is 10.1 Å². The Kier molecular flexibility index (Phi) is 19.3. The molecule has 1 heterocycles. The van der Waals surface area contributed by atoms with Crippen LogP contribution in [0.1, 0.15) is 34.6 Å². The van der Waals surface area contributed by atoms with Gasteiger partial charge in [0.15, 0.2) is 0 Å². The van der Waals surface area contributed by atoms with Crippen molar-refractivity contribution in [1.29, 1.82) is 0 Å². The average molecular weight is 729 g/mol. The van der Waals surface area contributed by atoms with Gasteiger partial charge in [0.2, 0.25) is 0 Å². The Labute approximate surface area is 301 Å². The quantitative estimate of drug-likeness (QED) is 0.0264. The first kappa shape index (κ1) is 42.1. The summed E-state index contributed by atoms with van der Waals surface area (Å²) >= 11 is 1.45. The molecule has 15 heteroatoms. The molecular weight excluding hydrogens is 684 g/mol. The first-order valence-electron chi connectivity index (χ1n) is 15.8. The Morgan fingerprint density at radius 3 is 1.73 bits per heavy atom. The van der Waals surface area contributed by atoms with Crippen molar-refractivity contribution in [3.05, 3.63) is 101 Å². The molecule has 0 aliphatic carbocycles. The van der Waals surface area contributed by atoms with Crippen molar-refractivity contribution in [2.45, 2.75) is 23.6 Å². The summed E-state index contributed by atoms with van der Waals surface area (Å²) in [5.41, 5.74) is 1.93. The second-order valence-electron chi connectivity index (χ2n) is 9.74. The third-order valence-electron chi connectivity index (χ3n) is 6.39. The lowest BCUT2D eigenvalue weighted by atomic mass is 10.1. The van der Waals surface area contributed by atoms with Crippen LogP contribution in [0.3, 0.4) is 0 Å². The molecule has 0 radical (unpaired) electrons. The highest BCUT2D eigenvalue weighted by Gasteiger charge is 2.20. The molecule has 14 nitrogen and oxygen atoms in total. The molecule has 0 bridgehead atoms. The van der Waals surface area contributed by atoms with Gasteiger partial charge >= 0.3 is 11.9 Å². The van der Waals surface area contributed by atoms with Crippen molar-refractivity contribution in [1.82, 2.24) is 0 Å². The van der Waals surface area contributed by atoms with Crippen LogP contribution in [-0.4, -0.2) is 89.0 Å². The minimum Gasteiger partial charge on any atom is -0.509 e. The Morgan fingerprint density at radius 1 is 0.765 bits per heavy atom. The Hall–Kier alpha value is -5.09. The van der Waals surface area contributed by atoms with Crippen LogP contribution in [0.15, 0.2) is 89.4 Å². The summed E-state index contributed by atoms with van der Waals surface area (Å²) in [5, 5.41) is 22.4. The van der Waals surface area contributed by atoms with Crippen molar-refractivity contribution in [3.63, 3.8) is 0 Å². The summed E-state index contributed by atoms with van der Waals surface area (Å²) in [6, 6.07) is 14.8. The van der Waals surface area contributed by atoms with Crippen LogP contribution < -0.4 is 14.8 Å². The second-order valence-corrected chi connectivity index (χ2v) is 10.8. The van der Waals surface area contributed by atoms with E-state index in [1.54, 1.807) is 18.2 Å². The van der Waals surface area contributed by atoms with Crippen LogP contribution >= 0.6 is 11.8 Å². The SMILES string of the molecule is C=CC(=C)O.CC.COC(=O)c1ccc(OCCOCCOCCOCCOc2ccc3c(c2)Sc2cc([N+](=O)[O-])ccc2N3)cc1C(=O)OC. The molecule has 4 rings (SSSR count). The zero-order valence-electron chi connectivity index (χ0n) is 29.1. The van der Waals surface area contributed by atoms with Crippen LogP contribution in [0.5, 0.6) is 11.5 Å². The number of rotatable bonds is 18. The van der Waals surface area contributed by atoms with E-state index in [0.29, 0.717) is 57.7 Å². The van der Waals surface area contributed by atoms with E-state index in [4.69, 9.17) is 33.5 Å². The number of nitro benzene ring substituents is 1. The van der Waals surface area contributed by atoms with E-state index in [0.717, 1.165) is 21.2 Å². The molecule has 0 aromatic heterocycles. The molecule has 0 spiro atoms. The van der Waals surface area contributed by atoms with Crippen LogP contribution in [0.25, 0.3) is 0 Å². The van der Waals surface area contributed by atoms with E-state index in [1.165, 1.54) is 50.3 Å². The fourth-order valence-corrected chi connectivity index (χ4v) is 5.06. The first-order chi connectivity index (χ1) is 24.7. The van der Waals surface area contributed by atoms with Crippen molar-refractivity contribution < 1.29 is 52.8 Å². The number of anilines is 2. The van der Waals surface area contributed by atoms with Gasteiger partial charge in [-0.1, -0.05) is 38.8 Å². The number of carbonyl (C=O) groups is 2. The summed E-state index contributed by atoms with van der Waals surface area (Å²) in [7, 11) is 2.46. The highest BCUT2D eigenvalue weighted by molar-refractivity contribution is 7.99. The van der Waals surface area contributed by atoms with Crippen LogP contribution in [0.2, 0.25) is 0 Å². The van der Waals surface area contributed by atoms with Gasteiger partial charge in [-0.25, -0.2) is 9.59 Å². The average Bonchev–Trinajstić information content (AvgIpc) is 3.15. The summed E-state index contributed by atoms with van der Waals surface area (Å²) in [5.74, 6) is -0.231. The minimum absolute atomic E-state index is 0.0185. The number of hydrogen-bond acceptors (Lipinski definition) is 14. The van der Waals surface area contributed by atoms with Gasteiger partial charge in [0.05, 0.1) is 81.3 Å². The minimum atomic E-state index is -0.670. The topological polar surface area (TPSA) is 174 Å². The number of allylic oxidation sites excluding steroid dienone is 1. The first-order valence-corrected chi connectivity index (χ1v) is 16.7. The predicted octanol–water partition coefficient (Wildman–Crippen LogP) is 7.15. The largest absolute Gasteiger partial charge is 0.509 e. The molecule has 0 unspecified atom stereocenters. The van der Waals surface area contributed by atoms with Gasteiger partial charge in [0, 0.05) is 21.9 Å². The van der Waals surface area contributed by atoms with Crippen molar-refractivity contribution in [3.8, 4) is 11.5 Å². The predicted molar refractivity (Wildman–Crippen MR) is 193 cm³/mol. The highest BCUT2D eigenvalue weighted by atomic mass is 32.2. The number of nitrogens with one attached hydrogen (secondary N) is 1. The fourth-order valence-electron chi connectivity index (χ4n) is 4.01. The Morgan fingerprint density at radius 2 is 1.22 bits per heavy atom. The van der Waals surface area contributed by atoms with E-state index in [1.807, 2.05) is 32.0 Å². The van der Waals surface area contributed by atoms with Gasteiger partial charge < -0.3 is 43.6 Å². The lowest BCUT2D eigenvalue weighted by molar-refractivity contribution is -0.385. The Balaban J connectivity index is 0.00000118. The van der Waals surface area contributed by atoms with Gasteiger partial charge in [0.1, 0.15) is 30.5 Å². The monoisotopic (exact) mass is 728 g/mol. The summed E-state index contributed by atoms with van der Waals surface area (Å²) < 4.78 is 37.3. The van der Waals surface area contributed by atoms with Crippen molar-refractivity contribution >= 4 is 40.8 Å².